The zero-order valence-electron chi connectivity index (χ0n) is 5.69. The van der Waals surface area contributed by atoms with Crippen LogP contribution in [0.1, 0.15) is 0 Å². The summed E-state index contributed by atoms with van der Waals surface area (Å²) in [7, 11) is 1.86. The summed E-state index contributed by atoms with van der Waals surface area (Å²) in [5.74, 6) is 0. The van der Waals surface area contributed by atoms with Gasteiger partial charge in [0.05, 0.1) is 11.9 Å². The van der Waals surface area contributed by atoms with Gasteiger partial charge in [0.15, 0.2) is 0 Å². The lowest BCUT2D eigenvalue weighted by Crippen LogP contribution is -2.09. The standard InChI is InChI=1S/C7H8N2O/c1-9-5-3-2-4-7(9)6-8-10/h2-6H,1H3/b7-6-. The molecular formula is C7H8N2O. The van der Waals surface area contributed by atoms with Crippen LogP contribution in [0.15, 0.2) is 41.5 Å². The largest absolute Gasteiger partial charge is 0.350 e. The highest BCUT2D eigenvalue weighted by Crippen LogP contribution is 2.08. The van der Waals surface area contributed by atoms with Gasteiger partial charge in [-0.3, -0.25) is 0 Å². The molecule has 3 nitrogen and oxygen atoms in total. The van der Waals surface area contributed by atoms with E-state index < -0.39 is 0 Å². The summed E-state index contributed by atoms with van der Waals surface area (Å²) < 4.78 is 0. The summed E-state index contributed by atoms with van der Waals surface area (Å²) in [5, 5.41) is 2.67. The number of nitrogens with zero attached hydrogens (tertiary/aromatic N) is 2. The highest BCUT2D eigenvalue weighted by molar-refractivity contribution is 5.26. The molecule has 0 atom stereocenters. The minimum atomic E-state index is 0.803. The molecule has 0 saturated carbocycles. The predicted molar refractivity (Wildman–Crippen MR) is 39.9 cm³/mol. The molecular weight excluding hydrogens is 128 g/mol. The summed E-state index contributed by atoms with van der Waals surface area (Å²) in [6.07, 6.45) is 8.71. The van der Waals surface area contributed by atoms with Crippen molar-refractivity contribution in [2.24, 2.45) is 5.18 Å². The molecule has 10 heavy (non-hydrogen) atoms. The van der Waals surface area contributed by atoms with Crippen LogP contribution in [-0.2, 0) is 0 Å². The second-order valence-corrected chi connectivity index (χ2v) is 1.97. The molecule has 1 aliphatic heterocycles. The first kappa shape index (κ1) is 6.74. The van der Waals surface area contributed by atoms with Gasteiger partial charge in [-0.1, -0.05) is 6.08 Å². The Morgan fingerprint density at radius 2 is 2.40 bits per heavy atom. The van der Waals surface area contributed by atoms with Crippen molar-refractivity contribution in [3.8, 4) is 0 Å². The summed E-state index contributed by atoms with van der Waals surface area (Å²) in [6, 6.07) is 0. The Bertz CT molecular complexity index is 216. The van der Waals surface area contributed by atoms with E-state index in [1.54, 1.807) is 0 Å². The molecule has 1 heterocycles. The summed E-state index contributed by atoms with van der Waals surface area (Å²) in [4.78, 5) is 11.6. The number of allylic oxidation sites excluding steroid dienone is 3. The third-order valence-corrected chi connectivity index (χ3v) is 1.28. The molecule has 52 valence electrons. The molecule has 0 unspecified atom stereocenters. The molecule has 0 radical (unpaired) electrons. The molecule has 0 aromatic heterocycles. The highest BCUT2D eigenvalue weighted by atomic mass is 16.2. The lowest BCUT2D eigenvalue weighted by Gasteiger charge is -2.15. The minimum absolute atomic E-state index is 0.803. The first-order valence-electron chi connectivity index (χ1n) is 2.95. The maximum Gasteiger partial charge on any atom is 0.0951 e. The van der Waals surface area contributed by atoms with Crippen molar-refractivity contribution in [2.45, 2.75) is 0 Å². The molecule has 0 aliphatic carbocycles. The van der Waals surface area contributed by atoms with Crippen LogP contribution in [0.5, 0.6) is 0 Å². The van der Waals surface area contributed by atoms with E-state index >= 15 is 0 Å². The Hall–Kier alpha value is -1.38. The van der Waals surface area contributed by atoms with E-state index in [9.17, 15) is 4.91 Å². The summed E-state index contributed by atoms with van der Waals surface area (Å²) >= 11 is 0. The smallest absolute Gasteiger partial charge is 0.0951 e. The Kier molecular flexibility index (Phi) is 1.99. The molecule has 0 aromatic carbocycles. The van der Waals surface area contributed by atoms with Gasteiger partial charge in [0.25, 0.3) is 0 Å². The third-order valence-electron chi connectivity index (χ3n) is 1.28. The quantitative estimate of drug-likeness (QED) is 0.513. The van der Waals surface area contributed by atoms with Gasteiger partial charge < -0.3 is 4.90 Å². The molecule has 0 saturated heterocycles. The molecule has 3 heteroatoms. The Morgan fingerprint density at radius 1 is 1.60 bits per heavy atom. The van der Waals surface area contributed by atoms with Gasteiger partial charge in [0.2, 0.25) is 0 Å². The van der Waals surface area contributed by atoms with E-state index in [1.165, 1.54) is 6.20 Å². The molecule has 0 fully saturated rings. The number of nitroso groups, excluding NO2 is 1. The van der Waals surface area contributed by atoms with Crippen LogP contribution in [0.3, 0.4) is 0 Å². The zero-order valence-corrected chi connectivity index (χ0v) is 5.69. The van der Waals surface area contributed by atoms with Gasteiger partial charge in [0, 0.05) is 13.2 Å². The maximum atomic E-state index is 9.81. The first-order valence-corrected chi connectivity index (χ1v) is 2.95. The fraction of sp³-hybridized carbons (Fsp3) is 0.143. The van der Waals surface area contributed by atoms with Crippen molar-refractivity contribution >= 4 is 0 Å². The summed E-state index contributed by atoms with van der Waals surface area (Å²) in [5.41, 5.74) is 0.803. The van der Waals surface area contributed by atoms with Crippen LogP contribution < -0.4 is 0 Å². The Morgan fingerprint density at radius 3 is 3.00 bits per heavy atom. The van der Waals surface area contributed by atoms with Crippen molar-refractivity contribution in [1.82, 2.24) is 4.90 Å². The number of hydrogen-bond acceptors (Lipinski definition) is 3. The fourth-order valence-corrected chi connectivity index (χ4v) is 0.725. The van der Waals surface area contributed by atoms with Crippen molar-refractivity contribution in [3.63, 3.8) is 0 Å². The SMILES string of the molecule is CN1C=CC=C/C1=C/N=O. The molecule has 0 amide bonds. The van der Waals surface area contributed by atoms with E-state index in [1.807, 2.05) is 36.4 Å². The van der Waals surface area contributed by atoms with Gasteiger partial charge in [-0.2, -0.15) is 0 Å². The van der Waals surface area contributed by atoms with Gasteiger partial charge >= 0.3 is 0 Å². The minimum Gasteiger partial charge on any atom is -0.350 e. The second-order valence-electron chi connectivity index (χ2n) is 1.97. The summed E-state index contributed by atoms with van der Waals surface area (Å²) in [6.45, 7) is 0. The van der Waals surface area contributed by atoms with Crippen molar-refractivity contribution in [3.05, 3.63) is 41.2 Å². The van der Waals surface area contributed by atoms with E-state index in [0.29, 0.717) is 0 Å². The monoisotopic (exact) mass is 136 g/mol. The van der Waals surface area contributed by atoms with Crippen LogP contribution in [0.25, 0.3) is 0 Å². The van der Waals surface area contributed by atoms with Gasteiger partial charge in [-0.15, -0.1) is 4.91 Å². The van der Waals surface area contributed by atoms with E-state index in [0.717, 1.165) is 5.70 Å². The van der Waals surface area contributed by atoms with Gasteiger partial charge in [-0.25, -0.2) is 0 Å². The lowest BCUT2D eigenvalue weighted by molar-refractivity contribution is 0.582. The average Bonchev–Trinajstić information content (AvgIpc) is 1.94. The predicted octanol–water partition coefficient (Wildman–Crippen LogP) is 1.61. The number of hydrogen-bond donors (Lipinski definition) is 0. The van der Waals surface area contributed by atoms with E-state index in [-0.39, 0.29) is 0 Å². The molecule has 0 bridgehead atoms. The lowest BCUT2D eigenvalue weighted by atomic mass is 10.3. The van der Waals surface area contributed by atoms with Crippen LogP contribution in [0.4, 0.5) is 0 Å². The van der Waals surface area contributed by atoms with E-state index in [4.69, 9.17) is 0 Å². The topological polar surface area (TPSA) is 32.7 Å². The Balaban J connectivity index is 2.79. The fourth-order valence-electron chi connectivity index (χ4n) is 0.725. The van der Waals surface area contributed by atoms with Crippen molar-refractivity contribution in [2.75, 3.05) is 7.05 Å². The van der Waals surface area contributed by atoms with Gasteiger partial charge in [-0.05, 0) is 17.3 Å². The highest BCUT2D eigenvalue weighted by Gasteiger charge is 1.98. The van der Waals surface area contributed by atoms with Crippen LogP contribution in [0.2, 0.25) is 0 Å². The maximum absolute atomic E-state index is 9.81. The average molecular weight is 136 g/mol. The van der Waals surface area contributed by atoms with Crippen molar-refractivity contribution in [1.29, 1.82) is 0 Å². The Labute approximate surface area is 59.3 Å². The van der Waals surface area contributed by atoms with Gasteiger partial charge in [0.1, 0.15) is 0 Å². The third kappa shape index (κ3) is 1.31. The normalized spacial score (nSPS) is 20.1. The zero-order chi connectivity index (χ0) is 7.40. The first-order chi connectivity index (χ1) is 4.84. The van der Waals surface area contributed by atoms with Crippen LogP contribution in [0, 0.1) is 4.91 Å². The molecule has 0 aromatic rings. The van der Waals surface area contributed by atoms with Crippen molar-refractivity contribution < 1.29 is 0 Å². The van der Waals surface area contributed by atoms with E-state index in [2.05, 4.69) is 5.18 Å². The van der Waals surface area contributed by atoms with Crippen LogP contribution >= 0.6 is 0 Å². The number of likely N-dealkylation sites (N-methyl/N-ethyl adjacent to an activating group) is 1. The molecule has 1 aliphatic rings. The number of rotatable bonds is 1. The second kappa shape index (κ2) is 2.96. The van der Waals surface area contributed by atoms with Crippen LogP contribution in [-0.4, -0.2) is 11.9 Å². The molecule has 0 spiro atoms. The molecule has 1 rings (SSSR count). The molecule has 0 N–H and O–H groups in total.